The number of fused-ring (bicyclic) bond motifs is 1. The van der Waals surface area contributed by atoms with Gasteiger partial charge in [-0.05, 0) is 24.6 Å². The average Bonchev–Trinajstić information content (AvgIpc) is 3.11. The summed E-state index contributed by atoms with van der Waals surface area (Å²) in [5.74, 6) is -3.17. The smallest absolute Gasteiger partial charge is 0.475 e. The van der Waals surface area contributed by atoms with Crippen LogP contribution in [-0.4, -0.2) is 63.0 Å². The number of esters is 1. The summed E-state index contributed by atoms with van der Waals surface area (Å²) in [6.45, 7) is 2.78. The van der Waals surface area contributed by atoms with Crippen LogP contribution in [0.3, 0.4) is 0 Å². The first-order valence-corrected chi connectivity index (χ1v) is 8.48. The first-order chi connectivity index (χ1) is 14.1. The molecule has 3 aromatic rings. The highest BCUT2D eigenvalue weighted by molar-refractivity contribution is 5.95. The van der Waals surface area contributed by atoms with Crippen LogP contribution < -0.4 is 4.90 Å². The van der Waals surface area contributed by atoms with E-state index in [2.05, 4.69) is 15.1 Å². The maximum atomic E-state index is 12.2. The molecule has 3 rings (SSSR count). The highest BCUT2D eigenvalue weighted by Crippen LogP contribution is 2.13. The SMILES string of the molecule is Cc1cnc2c(C(=O)OCCN(C)c3ccncc3)cnn2c1.O=C(O)C(F)(F)F. The minimum Gasteiger partial charge on any atom is -0.475 e. The van der Waals surface area contributed by atoms with Crippen LogP contribution in [0.25, 0.3) is 5.65 Å². The molecule has 0 aliphatic carbocycles. The van der Waals surface area contributed by atoms with E-state index in [9.17, 15) is 18.0 Å². The molecular weight excluding hydrogens is 407 g/mol. The number of aliphatic carboxylic acids is 1. The van der Waals surface area contributed by atoms with Crippen molar-refractivity contribution in [2.24, 2.45) is 0 Å². The molecule has 0 aliphatic heterocycles. The molecule has 9 nitrogen and oxygen atoms in total. The summed E-state index contributed by atoms with van der Waals surface area (Å²) in [6.07, 6.45) is 3.37. The summed E-state index contributed by atoms with van der Waals surface area (Å²) in [6, 6.07) is 3.80. The van der Waals surface area contributed by atoms with Gasteiger partial charge in [0, 0.05) is 37.5 Å². The Morgan fingerprint density at radius 2 is 1.87 bits per heavy atom. The molecule has 0 saturated heterocycles. The van der Waals surface area contributed by atoms with Gasteiger partial charge in [0.15, 0.2) is 5.65 Å². The van der Waals surface area contributed by atoms with Crippen LogP contribution in [0.5, 0.6) is 0 Å². The molecule has 160 valence electrons. The van der Waals surface area contributed by atoms with Crippen molar-refractivity contribution < 1.29 is 32.6 Å². The lowest BCUT2D eigenvalue weighted by atomic mass is 10.3. The van der Waals surface area contributed by atoms with Gasteiger partial charge in [0.1, 0.15) is 12.2 Å². The number of halogens is 3. The number of alkyl halides is 3. The number of hydrogen-bond donors (Lipinski definition) is 1. The van der Waals surface area contributed by atoms with Crippen molar-refractivity contribution in [1.82, 2.24) is 19.6 Å². The van der Waals surface area contributed by atoms with Crippen LogP contribution >= 0.6 is 0 Å². The largest absolute Gasteiger partial charge is 0.490 e. The monoisotopic (exact) mass is 425 g/mol. The number of aryl methyl sites for hydroxylation is 1. The number of carboxylic acid groups (broad SMARTS) is 1. The second-order valence-corrected chi connectivity index (χ2v) is 6.02. The van der Waals surface area contributed by atoms with Gasteiger partial charge in [0.2, 0.25) is 0 Å². The molecule has 3 heterocycles. The Morgan fingerprint density at radius 1 is 1.23 bits per heavy atom. The molecule has 0 saturated carbocycles. The van der Waals surface area contributed by atoms with Crippen LogP contribution in [0.4, 0.5) is 18.9 Å². The number of likely N-dealkylation sites (N-methyl/N-ethyl adjacent to an activating group) is 1. The van der Waals surface area contributed by atoms with E-state index in [0.29, 0.717) is 17.8 Å². The Balaban J connectivity index is 0.000000396. The van der Waals surface area contributed by atoms with E-state index in [1.807, 2.05) is 37.2 Å². The van der Waals surface area contributed by atoms with Gasteiger partial charge in [-0.25, -0.2) is 19.1 Å². The van der Waals surface area contributed by atoms with E-state index in [1.165, 1.54) is 6.20 Å². The van der Waals surface area contributed by atoms with Gasteiger partial charge in [0.25, 0.3) is 0 Å². The third kappa shape index (κ3) is 6.15. The Morgan fingerprint density at radius 3 is 2.47 bits per heavy atom. The molecule has 0 atom stereocenters. The molecule has 0 amide bonds. The van der Waals surface area contributed by atoms with Gasteiger partial charge in [-0.1, -0.05) is 0 Å². The quantitative estimate of drug-likeness (QED) is 0.621. The molecule has 0 fully saturated rings. The van der Waals surface area contributed by atoms with Crippen molar-refractivity contribution >= 4 is 23.3 Å². The Labute approximate surface area is 168 Å². The van der Waals surface area contributed by atoms with Crippen molar-refractivity contribution in [3.8, 4) is 0 Å². The van der Waals surface area contributed by atoms with E-state index < -0.39 is 18.1 Å². The fourth-order valence-corrected chi connectivity index (χ4v) is 2.19. The number of carbonyl (C=O) groups excluding carboxylic acids is 1. The molecule has 0 radical (unpaired) electrons. The number of carbonyl (C=O) groups is 2. The zero-order chi connectivity index (χ0) is 22.3. The minimum absolute atomic E-state index is 0.279. The predicted molar refractivity (Wildman–Crippen MR) is 99.2 cm³/mol. The summed E-state index contributed by atoms with van der Waals surface area (Å²) in [5, 5.41) is 11.3. The molecule has 0 aliphatic rings. The van der Waals surface area contributed by atoms with Crippen LogP contribution in [0, 0.1) is 6.92 Å². The number of hydrogen-bond acceptors (Lipinski definition) is 7. The van der Waals surface area contributed by atoms with Crippen molar-refractivity contribution in [1.29, 1.82) is 0 Å². The second kappa shape index (κ2) is 9.67. The van der Waals surface area contributed by atoms with Crippen LogP contribution in [0.1, 0.15) is 15.9 Å². The van der Waals surface area contributed by atoms with Gasteiger partial charge in [-0.2, -0.15) is 18.3 Å². The summed E-state index contributed by atoms with van der Waals surface area (Å²) in [7, 11) is 1.93. The molecule has 1 N–H and O–H groups in total. The number of ether oxygens (including phenoxy) is 1. The van der Waals surface area contributed by atoms with Crippen molar-refractivity contribution in [3.05, 3.63) is 54.2 Å². The topological polar surface area (TPSA) is 110 Å². The van der Waals surface area contributed by atoms with Crippen molar-refractivity contribution in [2.45, 2.75) is 13.1 Å². The number of rotatable bonds is 5. The Kier molecular flexibility index (Phi) is 7.28. The lowest BCUT2D eigenvalue weighted by Gasteiger charge is -2.18. The van der Waals surface area contributed by atoms with Crippen LogP contribution in [0.2, 0.25) is 0 Å². The van der Waals surface area contributed by atoms with Crippen LogP contribution in [0.15, 0.2) is 43.1 Å². The highest BCUT2D eigenvalue weighted by atomic mass is 19.4. The Bertz CT molecular complexity index is 1010. The van der Waals surface area contributed by atoms with Crippen molar-refractivity contribution in [3.63, 3.8) is 0 Å². The van der Waals surface area contributed by atoms with Gasteiger partial charge in [-0.3, -0.25) is 4.98 Å². The van der Waals surface area contributed by atoms with E-state index in [-0.39, 0.29) is 6.61 Å². The molecule has 0 unspecified atom stereocenters. The van der Waals surface area contributed by atoms with Gasteiger partial charge in [0.05, 0.1) is 12.7 Å². The van der Waals surface area contributed by atoms with Gasteiger partial charge in [-0.15, -0.1) is 0 Å². The van der Waals surface area contributed by atoms with E-state index in [0.717, 1.165) is 11.3 Å². The zero-order valence-corrected chi connectivity index (χ0v) is 16.0. The number of anilines is 1. The van der Waals surface area contributed by atoms with E-state index in [4.69, 9.17) is 14.6 Å². The second-order valence-electron chi connectivity index (χ2n) is 6.02. The fraction of sp³-hybridized carbons (Fsp3) is 0.278. The molecule has 0 spiro atoms. The Hall–Kier alpha value is -3.70. The highest BCUT2D eigenvalue weighted by Gasteiger charge is 2.38. The first kappa shape index (κ1) is 22.6. The maximum absolute atomic E-state index is 12.2. The number of carboxylic acids is 1. The number of pyridine rings is 1. The average molecular weight is 425 g/mol. The number of aromatic nitrogens is 4. The molecule has 0 aromatic carbocycles. The molecular formula is C18H18F3N5O4. The molecule has 12 heteroatoms. The van der Waals surface area contributed by atoms with Gasteiger partial charge < -0.3 is 14.7 Å². The zero-order valence-electron chi connectivity index (χ0n) is 16.0. The normalized spacial score (nSPS) is 10.8. The van der Waals surface area contributed by atoms with E-state index in [1.54, 1.807) is 23.1 Å². The van der Waals surface area contributed by atoms with Crippen LogP contribution in [-0.2, 0) is 9.53 Å². The molecule has 30 heavy (non-hydrogen) atoms. The third-order valence-electron chi connectivity index (χ3n) is 3.71. The lowest BCUT2D eigenvalue weighted by molar-refractivity contribution is -0.192. The standard InChI is InChI=1S/C16H17N5O2.C2HF3O2/c1-12-9-18-15-14(10-19-21(15)11-12)16(22)23-8-7-20(2)13-3-5-17-6-4-13;3-2(4,5)1(6)7/h3-6,9-11H,7-8H2,1-2H3;(H,6,7). The molecule has 3 aromatic heterocycles. The summed E-state index contributed by atoms with van der Waals surface area (Å²) < 4.78 is 38.6. The minimum atomic E-state index is -5.08. The van der Waals surface area contributed by atoms with Crippen molar-refractivity contribution in [2.75, 3.05) is 25.1 Å². The third-order valence-corrected chi connectivity index (χ3v) is 3.71. The summed E-state index contributed by atoms with van der Waals surface area (Å²) in [4.78, 5) is 31.3. The molecule has 0 bridgehead atoms. The summed E-state index contributed by atoms with van der Waals surface area (Å²) >= 11 is 0. The number of nitrogens with zero attached hydrogens (tertiary/aromatic N) is 5. The lowest BCUT2D eigenvalue weighted by Crippen LogP contribution is -2.23. The predicted octanol–water partition coefficient (Wildman–Crippen LogP) is 2.36. The summed E-state index contributed by atoms with van der Waals surface area (Å²) in [5.41, 5.74) is 2.86. The van der Waals surface area contributed by atoms with E-state index >= 15 is 0 Å². The maximum Gasteiger partial charge on any atom is 0.490 e. The first-order valence-electron chi connectivity index (χ1n) is 8.48. The van der Waals surface area contributed by atoms with Gasteiger partial charge >= 0.3 is 18.1 Å². The fourth-order valence-electron chi connectivity index (χ4n) is 2.19.